The summed E-state index contributed by atoms with van der Waals surface area (Å²) >= 11 is -2.15. The van der Waals surface area contributed by atoms with E-state index in [-0.39, 0.29) is 26.0 Å². The summed E-state index contributed by atoms with van der Waals surface area (Å²) in [6.45, 7) is 0.366. The first-order chi connectivity index (χ1) is 5.24. The first-order valence-electron chi connectivity index (χ1n) is 3.12. The van der Waals surface area contributed by atoms with Crippen molar-refractivity contribution in [2.24, 2.45) is 5.73 Å². The third kappa shape index (κ3) is 3.15. The fourth-order valence-electron chi connectivity index (χ4n) is 0.776. The van der Waals surface area contributed by atoms with Crippen LogP contribution in [-0.4, -0.2) is 8.76 Å². The van der Waals surface area contributed by atoms with Crippen LogP contribution in [0.3, 0.4) is 0 Å². The van der Waals surface area contributed by atoms with Crippen molar-refractivity contribution in [1.82, 2.24) is 0 Å². The fourth-order valence-corrected chi connectivity index (χ4v) is 1.21. The van der Waals surface area contributed by atoms with E-state index in [1.54, 1.807) is 18.2 Å². The molecule has 5 heteroatoms. The van der Waals surface area contributed by atoms with Gasteiger partial charge in [0.2, 0.25) is 0 Å². The zero-order valence-electron chi connectivity index (χ0n) is 6.23. The second kappa shape index (κ2) is 5.59. The van der Waals surface area contributed by atoms with Gasteiger partial charge in [-0.3, -0.25) is 4.21 Å². The van der Waals surface area contributed by atoms with Gasteiger partial charge >= 0.3 is 0 Å². The minimum atomic E-state index is -2.15. The van der Waals surface area contributed by atoms with Crippen LogP contribution in [0, 0.1) is 0 Å². The maximum Gasteiger partial charge on any atom is 0.0251 e. The molecular formula is C7H8NO2SW-. The molecule has 3 nitrogen and oxygen atoms in total. The molecule has 0 aliphatic rings. The molecule has 1 unspecified atom stereocenters. The van der Waals surface area contributed by atoms with Crippen LogP contribution in [0.1, 0.15) is 5.56 Å². The van der Waals surface area contributed by atoms with Gasteiger partial charge in [0.05, 0.1) is 0 Å². The Morgan fingerprint density at radius 3 is 2.67 bits per heavy atom. The van der Waals surface area contributed by atoms with Crippen LogP contribution in [0.2, 0.25) is 0 Å². The van der Waals surface area contributed by atoms with Gasteiger partial charge in [-0.15, -0.1) is 0 Å². The normalized spacial score (nSPS) is 11.8. The molecule has 0 saturated heterocycles. The van der Waals surface area contributed by atoms with Crippen LogP contribution in [-0.2, 0) is 38.7 Å². The molecule has 12 heavy (non-hydrogen) atoms. The van der Waals surface area contributed by atoms with Crippen molar-refractivity contribution in [3.63, 3.8) is 0 Å². The Hall–Kier alpha value is -0.0217. The molecule has 1 aromatic rings. The van der Waals surface area contributed by atoms with Crippen molar-refractivity contribution in [2.75, 3.05) is 0 Å². The maximum atomic E-state index is 10.4. The molecule has 1 atom stereocenters. The Morgan fingerprint density at radius 1 is 1.50 bits per heavy atom. The zero-order valence-corrected chi connectivity index (χ0v) is 9.98. The van der Waals surface area contributed by atoms with Crippen LogP contribution < -0.4 is 5.73 Å². The summed E-state index contributed by atoms with van der Waals surface area (Å²) in [5.74, 6) is 0. The first kappa shape index (κ1) is 12.0. The van der Waals surface area contributed by atoms with Gasteiger partial charge < -0.3 is 10.3 Å². The van der Waals surface area contributed by atoms with Crippen LogP contribution >= 0.6 is 0 Å². The monoisotopic (exact) mass is 354 g/mol. The van der Waals surface area contributed by atoms with Crippen molar-refractivity contribution < 1.29 is 29.8 Å². The molecular weight excluding hydrogens is 346 g/mol. The van der Waals surface area contributed by atoms with Gasteiger partial charge in [0.25, 0.3) is 0 Å². The molecule has 0 bridgehead atoms. The Kier molecular flexibility index (Phi) is 5.58. The van der Waals surface area contributed by atoms with Gasteiger partial charge in [0, 0.05) is 32.5 Å². The SMILES string of the molecule is NCc1cccc(S(=O)[O-])c1.[W]. The summed E-state index contributed by atoms with van der Waals surface area (Å²) < 4.78 is 20.9. The van der Waals surface area contributed by atoms with Gasteiger partial charge in [-0.2, -0.15) is 0 Å². The van der Waals surface area contributed by atoms with Crippen LogP contribution in [0.15, 0.2) is 29.2 Å². The summed E-state index contributed by atoms with van der Waals surface area (Å²) in [6.07, 6.45) is 0. The van der Waals surface area contributed by atoms with E-state index in [4.69, 9.17) is 5.73 Å². The standard InChI is InChI=1S/C7H9NO2S.W/c8-5-6-2-1-3-7(4-6)11(9)10;/h1-4H,5,8H2,(H,9,10);/p-1. The van der Waals surface area contributed by atoms with E-state index in [1.807, 2.05) is 0 Å². The predicted octanol–water partition coefficient (Wildman–Crippen LogP) is 0.381. The van der Waals surface area contributed by atoms with Crippen molar-refractivity contribution in [1.29, 1.82) is 0 Å². The molecule has 0 radical (unpaired) electrons. The van der Waals surface area contributed by atoms with Crippen molar-refractivity contribution in [2.45, 2.75) is 11.4 Å². The van der Waals surface area contributed by atoms with E-state index in [2.05, 4.69) is 0 Å². The third-order valence-electron chi connectivity index (χ3n) is 1.33. The number of hydrogen-bond acceptors (Lipinski definition) is 3. The summed E-state index contributed by atoms with van der Waals surface area (Å²) in [5, 5.41) is 0. The minimum Gasteiger partial charge on any atom is -0.768 e. The van der Waals surface area contributed by atoms with E-state index in [9.17, 15) is 8.76 Å². The predicted molar refractivity (Wildman–Crippen MR) is 41.5 cm³/mol. The van der Waals surface area contributed by atoms with E-state index in [1.165, 1.54) is 6.07 Å². The molecule has 0 heterocycles. The van der Waals surface area contributed by atoms with Gasteiger partial charge in [-0.1, -0.05) is 12.1 Å². The fraction of sp³-hybridized carbons (Fsp3) is 0.143. The Morgan fingerprint density at radius 2 is 2.17 bits per heavy atom. The van der Waals surface area contributed by atoms with Crippen molar-refractivity contribution in [3.05, 3.63) is 29.8 Å². The van der Waals surface area contributed by atoms with Crippen molar-refractivity contribution >= 4 is 11.1 Å². The smallest absolute Gasteiger partial charge is 0.0251 e. The molecule has 0 spiro atoms. The van der Waals surface area contributed by atoms with E-state index < -0.39 is 11.1 Å². The quantitative estimate of drug-likeness (QED) is 0.782. The summed E-state index contributed by atoms with van der Waals surface area (Å²) in [7, 11) is 0. The summed E-state index contributed by atoms with van der Waals surface area (Å²) in [6, 6.07) is 6.55. The summed E-state index contributed by atoms with van der Waals surface area (Å²) in [5.41, 5.74) is 6.14. The Bertz CT molecular complexity index is 280. The number of hydrogen-bond donors (Lipinski definition) is 1. The maximum absolute atomic E-state index is 10.4. The van der Waals surface area contributed by atoms with E-state index in [0.717, 1.165) is 5.56 Å². The molecule has 1 rings (SSSR count). The van der Waals surface area contributed by atoms with E-state index in [0.29, 0.717) is 6.54 Å². The van der Waals surface area contributed by atoms with Gasteiger partial charge in [-0.25, -0.2) is 0 Å². The topological polar surface area (TPSA) is 66.2 Å². The van der Waals surface area contributed by atoms with Gasteiger partial charge in [0.1, 0.15) is 0 Å². The molecule has 0 amide bonds. The molecule has 0 aromatic heterocycles. The summed E-state index contributed by atoms with van der Waals surface area (Å²) in [4.78, 5) is 0.285. The largest absolute Gasteiger partial charge is 0.768 e. The minimum absolute atomic E-state index is 0. The Labute approximate surface area is 87.9 Å². The van der Waals surface area contributed by atoms with Gasteiger partial charge in [-0.05, 0) is 28.8 Å². The van der Waals surface area contributed by atoms with Crippen LogP contribution in [0.5, 0.6) is 0 Å². The number of rotatable bonds is 2. The Balaban J connectivity index is 0.00000121. The second-order valence-corrected chi connectivity index (χ2v) is 3.03. The average molecular weight is 354 g/mol. The molecule has 0 saturated carbocycles. The number of nitrogens with two attached hydrogens (primary N) is 1. The average Bonchev–Trinajstić information content (AvgIpc) is 2.05. The molecule has 2 N–H and O–H groups in total. The molecule has 66 valence electrons. The second-order valence-electron chi connectivity index (χ2n) is 2.09. The molecule has 0 fully saturated rings. The number of benzene rings is 1. The van der Waals surface area contributed by atoms with Crippen LogP contribution in [0.4, 0.5) is 0 Å². The van der Waals surface area contributed by atoms with Crippen molar-refractivity contribution in [3.8, 4) is 0 Å². The third-order valence-corrected chi connectivity index (χ3v) is 1.97. The van der Waals surface area contributed by atoms with E-state index >= 15 is 0 Å². The molecule has 0 aliphatic carbocycles. The van der Waals surface area contributed by atoms with Crippen LogP contribution in [0.25, 0.3) is 0 Å². The first-order valence-corrected chi connectivity index (χ1v) is 4.20. The molecule has 0 aliphatic heterocycles. The zero-order chi connectivity index (χ0) is 8.27. The molecule has 1 aromatic carbocycles. The van der Waals surface area contributed by atoms with Gasteiger partial charge in [0.15, 0.2) is 0 Å².